The van der Waals surface area contributed by atoms with E-state index in [2.05, 4.69) is 15.0 Å². The molecular weight excluding hydrogens is 284 g/mol. The van der Waals surface area contributed by atoms with Crippen molar-refractivity contribution in [3.05, 3.63) is 28.1 Å². The maximum Gasteiger partial charge on any atom is 0.325 e. The first-order chi connectivity index (χ1) is 9.11. The Morgan fingerprint density at radius 1 is 1.47 bits per heavy atom. The van der Waals surface area contributed by atoms with Gasteiger partial charge < -0.3 is 10.1 Å². The van der Waals surface area contributed by atoms with Gasteiger partial charge in [-0.1, -0.05) is 6.07 Å². The van der Waals surface area contributed by atoms with E-state index < -0.39 is 5.97 Å². The lowest BCUT2D eigenvalue weighted by Gasteiger charge is -2.01. The summed E-state index contributed by atoms with van der Waals surface area (Å²) in [4.78, 5) is 28.8. The van der Waals surface area contributed by atoms with Crippen molar-refractivity contribution in [2.45, 2.75) is 6.92 Å². The fraction of sp³-hybridized carbons (Fsp3) is 0.250. The Balaban J connectivity index is 2.12. The van der Waals surface area contributed by atoms with Crippen molar-refractivity contribution in [3.63, 3.8) is 0 Å². The number of ether oxygens (including phenoxy) is 1. The average Bonchev–Trinajstić information content (AvgIpc) is 3.04. The van der Waals surface area contributed by atoms with Crippen molar-refractivity contribution >= 4 is 34.6 Å². The Labute approximate surface area is 118 Å². The van der Waals surface area contributed by atoms with Gasteiger partial charge in [0.2, 0.25) is 0 Å². The lowest BCUT2D eigenvalue weighted by Crippen LogP contribution is -2.29. The van der Waals surface area contributed by atoms with Gasteiger partial charge in [-0.3, -0.25) is 9.59 Å². The Hall–Kier alpha value is -1.73. The van der Waals surface area contributed by atoms with E-state index in [0.29, 0.717) is 10.6 Å². The summed E-state index contributed by atoms with van der Waals surface area (Å²) in [5.74, 6) is -0.780. The van der Waals surface area contributed by atoms with Crippen molar-refractivity contribution in [3.8, 4) is 9.88 Å². The number of thiazole rings is 1. The highest BCUT2D eigenvalue weighted by Gasteiger charge is 2.17. The van der Waals surface area contributed by atoms with E-state index in [0.717, 1.165) is 9.88 Å². The van der Waals surface area contributed by atoms with Crippen LogP contribution in [0.2, 0.25) is 0 Å². The number of rotatable bonds is 4. The second-order valence-electron chi connectivity index (χ2n) is 3.67. The van der Waals surface area contributed by atoms with E-state index >= 15 is 0 Å². The summed E-state index contributed by atoms with van der Waals surface area (Å²) in [6, 6.07) is 3.90. The maximum absolute atomic E-state index is 11.9. The molecule has 0 aliphatic carbocycles. The maximum atomic E-state index is 11.9. The first-order valence-corrected chi connectivity index (χ1v) is 7.17. The first kappa shape index (κ1) is 13.7. The number of carbonyl (C=O) groups excluding carboxylic acids is 2. The van der Waals surface area contributed by atoms with Crippen LogP contribution in [0.4, 0.5) is 0 Å². The van der Waals surface area contributed by atoms with E-state index in [1.54, 1.807) is 18.3 Å². The van der Waals surface area contributed by atoms with Crippen molar-refractivity contribution < 1.29 is 14.3 Å². The SMILES string of the molecule is COC(=O)CNC(=O)c1sc(-c2cccs2)nc1C. The van der Waals surface area contributed by atoms with Gasteiger partial charge in [-0.2, -0.15) is 0 Å². The van der Waals surface area contributed by atoms with Gasteiger partial charge in [0.1, 0.15) is 16.4 Å². The second-order valence-corrected chi connectivity index (χ2v) is 5.62. The summed E-state index contributed by atoms with van der Waals surface area (Å²) in [6.07, 6.45) is 0. The molecule has 0 aromatic carbocycles. The molecule has 2 heterocycles. The van der Waals surface area contributed by atoms with Crippen LogP contribution in [0, 0.1) is 6.92 Å². The predicted molar refractivity (Wildman–Crippen MR) is 74.5 cm³/mol. The zero-order valence-electron chi connectivity index (χ0n) is 10.4. The van der Waals surface area contributed by atoms with Gasteiger partial charge in [-0.15, -0.1) is 22.7 Å². The fourth-order valence-corrected chi connectivity index (χ4v) is 3.20. The number of hydrogen-bond acceptors (Lipinski definition) is 6. The molecule has 0 spiro atoms. The minimum Gasteiger partial charge on any atom is -0.468 e. The number of aryl methyl sites for hydroxylation is 1. The molecule has 2 rings (SSSR count). The molecule has 2 aromatic rings. The van der Waals surface area contributed by atoms with Crippen molar-refractivity contribution in [2.75, 3.05) is 13.7 Å². The zero-order chi connectivity index (χ0) is 13.8. The highest BCUT2D eigenvalue weighted by molar-refractivity contribution is 7.22. The molecular formula is C12H12N2O3S2. The Kier molecular flexibility index (Phi) is 4.28. The molecule has 100 valence electrons. The molecule has 0 saturated carbocycles. The lowest BCUT2D eigenvalue weighted by atomic mass is 10.3. The van der Waals surface area contributed by atoms with Crippen molar-refractivity contribution in [2.24, 2.45) is 0 Å². The number of methoxy groups -OCH3 is 1. The molecule has 0 atom stereocenters. The summed E-state index contributed by atoms with van der Waals surface area (Å²) < 4.78 is 4.47. The molecule has 19 heavy (non-hydrogen) atoms. The van der Waals surface area contributed by atoms with Gasteiger partial charge in [0.25, 0.3) is 5.91 Å². The van der Waals surface area contributed by atoms with Crippen LogP contribution in [0.5, 0.6) is 0 Å². The van der Waals surface area contributed by atoms with Crippen molar-refractivity contribution in [1.82, 2.24) is 10.3 Å². The molecule has 0 unspecified atom stereocenters. The predicted octanol–water partition coefficient (Wildman–Crippen LogP) is 2.08. The quantitative estimate of drug-likeness (QED) is 0.877. The first-order valence-electron chi connectivity index (χ1n) is 5.48. The molecule has 0 bridgehead atoms. The summed E-state index contributed by atoms with van der Waals surface area (Å²) in [7, 11) is 1.28. The number of nitrogens with one attached hydrogen (secondary N) is 1. The lowest BCUT2D eigenvalue weighted by molar-refractivity contribution is -0.139. The number of hydrogen-bond donors (Lipinski definition) is 1. The van der Waals surface area contributed by atoms with Gasteiger partial charge in [0, 0.05) is 0 Å². The normalized spacial score (nSPS) is 10.2. The minimum atomic E-state index is -0.478. The third-order valence-electron chi connectivity index (χ3n) is 2.36. The molecule has 0 fully saturated rings. The van der Waals surface area contributed by atoms with Crippen LogP contribution in [0.3, 0.4) is 0 Å². The van der Waals surface area contributed by atoms with E-state index in [-0.39, 0.29) is 12.5 Å². The third-order valence-corrected chi connectivity index (χ3v) is 4.55. The molecule has 5 nitrogen and oxygen atoms in total. The summed E-state index contributed by atoms with van der Waals surface area (Å²) in [6.45, 7) is 1.64. The summed E-state index contributed by atoms with van der Waals surface area (Å²) in [5.41, 5.74) is 0.663. The molecule has 0 saturated heterocycles. The van der Waals surface area contributed by atoms with Crippen LogP contribution in [-0.4, -0.2) is 30.5 Å². The minimum absolute atomic E-state index is 0.138. The van der Waals surface area contributed by atoms with Gasteiger partial charge in [0.05, 0.1) is 17.7 Å². The number of carbonyl (C=O) groups is 2. The van der Waals surface area contributed by atoms with Gasteiger partial charge in [0.15, 0.2) is 0 Å². The molecule has 1 amide bonds. The number of aromatic nitrogens is 1. The molecule has 2 aromatic heterocycles. The smallest absolute Gasteiger partial charge is 0.325 e. The monoisotopic (exact) mass is 296 g/mol. The van der Waals surface area contributed by atoms with E-state index in [1.807, 2.05) is 17.5 Å². The largest absolute Gasteiger partial charge is 0.468 e. The third kappa shape index (κ3) is 3.18. The Morgan fingerprint density at radius 2 is 2.26 bits per heavy atom. The Bertz CT molecular complexity index is 590. The van der Waals surface area contributed by atoms with E-state index in [1.165, 1.54) is 18.4 Å². The van der Waals surface area contributed by atoms with E-state index in [4.69, 9.17) is 0 Å². The molecule has 0 radical (unpaired) electrons. The number of nitrogens with zero attached hydrogens (tertiary/aromatic N) is 1. The van der Waals surface area contributed by atoms with Gasteiger partial charge >= 0.3 is 5.97 Å². The zero-order valence-corrected chi connectivity index (χ0v) is 12.1. The van der Waals surface area contributed by atoms with Crippen LogP contribution in [-0.2, 0) is 9.53 Å². The standard InChI is InChI=1S/C12H12N2O3S2/c1-7-10(11(16)13-6-9(15)17-2)19-12(14-7)8-4-3-5-18-8/h3-5H,6H2,1-2H3,(H,13,16). The molecule has 1 N–H and O–H groups in total. The van der Waals surface area contributed by atoms with Gasteiger partial charge in [-0.25, -0.2) is 4.98 Å². The van der Waals surface area contributed by atoms with Gasteiger partial charge in [-0.05, 0) is 18.4 Å². The second kappa shape index (κ2) is 5.94. The number of esters is 1. The summed E-state index contributed by atoms with van der Waals surface area (Å²) in [5, 5.41) is 5.29. The highest BCUT2D eigenvalue weighted by atomic mass is 32.1. The van der Waals surface area contributed by atoms with Crippen LogP contribution in [0.15, 0.2) is 17.5 Å². The highest BCUT2D eigenvalue weighted by Crippen LogP contribution is 2.30. The fourth-order valence-electron chi connectivity index (χ4n) is 1.42. The number of amides is 1. The van der Waals surface area contributed by atoms with E-state index in [9.17, 15) is 9.59 Å². The summed E-state index contributed by atoms with van der Waals surface area (Å²) >= 11 is 2.89. The van der Waals surface area contributed by atoms with Crippen LogP contribution in [0.25, 0.3) is 9.88 Å². The van der Waals surface area contributed by atoms with Crippen LogP contribution >= 0.6 is 22.7 Å². The van der Waals surface area contributed by atoms with Crippen LogP contribution < -0.4 is 5.32 Å². The molecule has 7 heteroatoms. The van der Waals surface area contributed by atoms with Crippen LogP contribution in [0.1, 0.15) is 15.4 Å². The van der Waals surface area contributed by atoms with Crippen molar-refractivity contribution in [1.29, 1.82) is 0 Å². The molecule has 0 aliphatic rings. The topological polar surface area (TPSA) is 68.3 Å². The number of thiophene rings is 1. The Morgan fingerprint density at radius 3 is 2.89 bits per heavy atom. The average molecular weight is 296 g/mol. The molecule has 0 aliphatic heterocycles.